The predicted molar refractivity (Wildman–Crippen MR) is 102 cm³/mol. The summed E-state index contributed by atoms with van der Waals surface area (Å²) in [7, 11) is 0. The second-order valence-corrected chi connectivity index (χ2v) is 7.83. The normalized spacial score (nSPS) is 16.1. The maximum atomic E-state index is 13.8. The van der Waals surface area contributed by atoms with Crippen LogP contribution < -0.4 is 5.32 Å². The zero-order valence-electron chi connectivity index (χ0n) is 16.1. The Morgan fingerprint density at radius 1 is 1.28 bits per heavy atom. The number of ether oxygens (including phenoxy) is 1. The van der Waals surface area contributed by atoms with Gasteiger partial charge in [-0.1, -0.05) is 17.7 Å². The molecule has 0 spiro atoms. The summed E-state index contributed by atoms with van der Waals surface area (Å²) < 4.78 is 47.3. The van der Waals surface area contributed by atoms with Crippen molar-refractivity contribution in [3.63, 3.8) is 0 Å². The van der Waals surface area contributed by atoms with Gasteiger partial charge in [-0.3, -0.25) is 9.69 Å². The number of alkyl halides is 3. The molecule has 158 valence electrons. The van der Waals surface area contributed by atoms with Crippen LogP contribution in [0.3, 0.4) is 0 Å². The Hall–Kier alpha value is -2.10. The number of halogens is 4. The fraction of sp³-hybridized carbons (Fsp3) is 0.474. The quantitative estimate of drug-likeness (QED) is 0.790. The van der Waals surface area contributed by atoms with Crippen molar-refractivity contribution in [1.82, 2.24) is 20.0 Å². The first-order valence-corrected chi connectivity index (χ1v) is 9.49. The monoisotopic (exact) mass is 430 g/mol. The fourth-order valence-electron chi connectivity index (χ4n) is 3.26. The third-order valence-electron chi connectivity index (χ3n) is 4.88. The van der Waals surface area contributed by atoms with E-state index >= 15 is 0 Å². The van der Waals surface area contributed by atoms with Crippen LogP contribution in [-0.2, 0) is 10.9 Å². The Kier molecular flexibility index (Phi) is 6.21. The molecule has 0 radical (unpaired) electrons. The lowest BCUT2D eigenvalue weighted by molar-refractivity contribution is -0.143. The van der Waals surface area contributed by atoms with E-state index in [1.54, 1.807) is 6.07 Å². The summed E-state index contributed by atoms with van der Waals surface area (Å²) in [6.07, 6.45) is -3.84. The van der Waals surface area contributed by atoms with Gasteiger partial charge in [-0.15, -0.1) is 0 Å². The Morgan fingerprint density at radius 3 is 2.59 bits per heavy atom. The van der Waals surface area contributed by atoms with Crippen LogP contribution in [0.4, 0.5) is 13.2 Å². The van der Waals surface area contributed by atoms with Crippen molar-refractivity contribution < 1.29 is 22.7 Å². The summed E-state index contributed by atoms with van der Waals surface area (Å²) in [5, 5.41) is 6.69. The van der Waals surface area contributed by atoms with Gasteiger partial charge in [0.15, 0.2) is 5.69 Å². The second-order valence-electron chi connectivity index (χ2n) is 7.39. The molecule has 0 saturated carbocycles. The smallest absolute Gasteiger partial charge is 0.379 e. The topological polar surface area (TPSA) is 59.4 Å². The highest BCUT2D eigenvalue weighted by molar-refractivity contribution is 6.30. The molecule has 0 unspecified atom stereocenters. The van der Waals surface area contributed by atoms with Crippen molar-refractivity contribution in [2.75, 3.05) is 32.8 Å². The third kappa shape index (κ3) is 4.91. The summed E-state index contributed by atoms with van der Waals surface area (Å²) >= 11 is 5.89. The van der Waals surface area contributed by atoms with E-state index in [4.69, 9.17) is 16.3 Å². The zero-order chi connectivity index (χ0) is 21.2. The molecule has 0 aliphatic carbocycles. The molecule has 0 bridgehead atoms. The van der Waals surface area contributed by atoms with Crippen molar-refractivity contribution >= 4 is 17.5 Å². The van der Waals surface area contributed by atoms with Gasteiger partial charge in [0.05, 0.1) is 30.7 Å². The van der Waals surface area contributed by atoms with Gasteiger partial charge < -0.3 is 10.1 Å². The van der Waals surface area contributed by atoms with Gasteiger partial charge in [-0.25, -0.2) is 4.68 Å². The van der Waals surface area contributed by atoms with Crippen LogP contribution in [-0.4, -0.2) is 59.0 Å². The molecule has 0 atom stereocenters. The van der Waals surface area contributed by atoms with Crippen molar-refractivity contribution in [1.29, 1.82) is 0 Å². The summed E-state index contributed by atoms with van der Waals surface area (Å²) in [5.41, 5.74) is -1.98. The van der Waals surface area contributed by atoms with E-state index in [0.717, 1.165) is 6.20 Å². The van der Waals surface area contributed by atoms with Crippen LogP contribution in [0.5, 0.6) is 0 Å². The highest BCUT2D eigenvalue weighted by Gasteiger charge is 2.41. The minimum absolute atomic E-state index is 0.123. The van der Waals surface area contributed by atoms with Crippen LogP contribution in [0.25, 0.3) is 5.69 Å². The zero-order valence-corrected chi connectivity index (χ0v) is 16.8. The summed E-state index contributed by atoms with van der Waals surface area (Å²) in [6.45, 7) is 6.61. The lowest BCUT2D eigenvalue weighted by atomic mass is 10.0. The Labute approximate surface area is 171 Å². The maximum absolute atomic E-state index is 13.8. The number of hydrogen-bond donors (Lipinski definition) is 1. The van der Waals surface area contributed by atoms with Crippen molar-refractivity contribution in [2.45, 2.75) is 25.6 Å². The highest BCUT2D eigenvalue weighted by atomic mass is 35.5. The van der Waals surface area contributed by atoms with Gasteiger partial charge >= 0.3 is 6.18 Å². The number of hydrogen-bond acceptors (Lipinski definition) is 4. The molecule has 1 N–H and O–H groups in total. The van der Waals surface area contributed by atoms with E-state index < -0.39 is 28.9 Å². The molecule has 1 saturated heterocycles. The average Bonchev–Trinajstić information content (AvgIpc) is 3.13. The van der Waals surface area contributed by atoms with Gasteiger partial charge in [0.1, 0.15) is 0 Å². The average molecular weight is 431 g/mol. The van der Waals surface area contributed by atoms with Crippen LogP contribution in [0.1, 0.15) is 29.9 Å². The van der Waals surface area contributed by atoms with Crippen LogP contribution in [0, 0.1) is 0 Å². The number of carbonyl (C=O) groups is 1. The number of amides is 1. The van der Waals surface area contributed by atoms with Crippen LogP contribution in [0.2, 0.25) is 5.02 Å². The maximum Gasteiger partial charge on any atom is 0.434 e. The Balaban J connectivity index is 1.83. The molecule has 1 aromatic heterocycles. The molecule has 1 aliphatic heterocycles. The van der Waals surface area contributed by atoms with Crippen molar-refractivity contribution in [3.8, 4) is 5.69 Å². The molecular formula is C19H22ClF3N4O2. The van der Waals surface area contributed by atoms with Gasteiger partial charge in [0.2, 0.25) is 0 Å². The minimum Gasteiger partial charge on any atom is -0.379 e. The summed E-state index contributed by atoms with van der Waals surface area (Å²) in [5.74, 6) is -0.827. The summed E-state index contributed by atoms with van der Waals surface area (Å²) in [4.78, 5) is 14.8. The number of carbonyl (C=O) groups excluding carboxylic acids is 1. The number of rotatable bonds is 5. The molecule has 1 aliphatic rings. The van der Waals surface area contributed by atoms with E-state index in [2.05, 4.69) is 15.3 Å². The van der Waals surface area contributed by atoms with Crippen molar-refractivity contribution in [2.24, 2.45) is 0 Å². The van der Waals surface area contributed by atoms with E-state index in [1.807, 2.05) is 13.8 Å². The van der Waals surface area contributed by atoms with Gasteiger partial charge in [0, 0.05) is 30.2 Å². The molecule has 6 nitrogen and oxygen atoms in total. The van der Waals surface area contributed by atoms with E-state index in [9.17, 15) is 18.0 Å². The molecule has 3 rings (SSSR count). The van der Waals surface area contributed by atoms with Gasteiger partial charge in [-0.2, -0.15) is 18.3 Å². The van der Waals surface area contributed by atoms with Crippen LogP contribution >= 0.6 is 11.6 Å². The molecule has 2 heterocycles. The SMILES string of the molecule is CC(C)(CNC(=O)c1cnn(-c2cccc(Cl)c2)c1C(F)(F)F)N1CCOCC1. The minimum atomic E-state index is -4.77. The number of aromatic nitrogens is 2. The first-order valence-electron chi connectivity index (χ1n) is 9.12. The largest absolute Gasteiger partial charge is 0.434 e. The first-order chi connectivity index (χ1) is 13.6. The van der Waals surface area contributed by atoms with E-state index in [0.29, 0.717) is 31.0 Å². The first kappa shape index (κ1) is 21.6. The highest BCUT2D eigenvalue weighted by Crippen LogP contribution is 2.34. The second kappa shape index (κ2) is 8.33. The molecule has 29 heavy (non-hydrogen) atoms. The van der Waals surface area contributed by atoms with Gasteiger partial charge in [-0.05, 0) is 32.0 Å². The van der Waals surface area contributed by atoms with E-state index in [1.165, 1.54) is 18.2 Å². The lowest BCUT2D eigenvalue weighted by Gasteiger charge is -2.40. The molecular weight excluding hydrogens is 409 g/mol. The predicted octanol–water partition coefficient (Wildman–Crippen LogP) is 3.39. The van der Waals surface area contributed by atoms with Crippen molar-refractivity contribution in [3.05, 3.63) is 46.7 Å². The molecule has 2 aromatic rings. The molecule has 10 heteroatoms. The molecule has 1 amide bonds. The fourth-order valence-corrected chi connectivity index (χ4v) is 3.45. The third-order valence-corrected chi connectivity index (χ3v) is 5.12. The molecule has 1 aromatic carbocycles. The number of nitrogens with zero attached hydrogens (tertiary/aromatic N) is 3. The standard InChI is InChI=1S/C19H22ClF3N4O2/c1-18(2,26-6-8-29-9-7-26)12-24-17(28)15-11-25-27(16(15)19(21,22)23)14-5-3-4-13(20)10-14/h3-5,10-11H,6-9,12H2,1-2H3,(H,24,28). The number of nitrogens with one attached hydrogen (secondary N) is 1. The Morgan fingerprint density at radius 2 is 1.97 bits per heavy atom. The number of benzene rings is 1. The van der Waals surface area contributed by atoms with Gasteiger partial charge in [0.25, 0.3) is 5.91 Å². The Bertz CT molecular complexity index is 877. The van der Waals surface area contributed by atoms with E-state index in [-0.39, 0.29) is 17.3 Å². The summed E-state index contributed by atoms with van der Waals surface area (Å²) in [6, 6.07) is 5.86. The molecule has 1 fully saturated rings. The van der Waals surface area contributed by atoms with Crippen LogP contribution in [0.15, 0.2) is 30.5 Å². The number of morpholine rings is 1. The lowest BCUT2D eigenvalue weighted by Crippen LogP contribution is -2.55.